The van der Waals surface area contributed by atoms with Gasteiger partial charge in [0.2, 0.25) is 0 Å². The Morgan fingerprint density at radius 1 is 1.31 bits per heavy atom. The number of ketones is 1. The highest BCUT2D eigenvalue weighted by Crippen LogP contribution is 2.20. The summed E-state index contributed by atoms with van der Waals surface area (Å²) in [6.07, 6.45) is 0. The lowest BCUT2D eigenvalue weighted by Gasteiger charge is -2.19. The monoisotopic (exact) mass is 221 g/mol. The zero-order valence-corrected chi connectivity index (χ0v) is 10.3. The molecule has 16 heavy (non-hydrogen) atoms. The van der Waals surface area contributed by atoms with E-state index < -0.39 is 0 Å². The van der Waals surface area contributed by atoms with Crippen LogP contribution in [-0.2, 0) is 0 Å². The first-order chi connectivity index (χ1) is 7.61. The van der Waals surface area contributed by atoms with Crippen LogP contribution in [0.5, 0.6) is 5.75 Å². The van der Waals surface area contributed by atoms with Crippen molar-refractivity contribution in [3.63, 3.8) is 0 Å². The van der Waals surface area contributed by atoms with Gasteiger partial charge in [-0.2, -0.15) is 0 Å². The summed E-state index contributed by atoms with van der Waals surface area (Å²) < 4.78 is 5.19. The van der Waals surface area contributed by atoms with E-state index in [9.17, 15) is 4.79 Å². The molecule has 1 N–H and O–H groups in total. The molecule has 3 heteroatoms. The Hall–Kier alpha value is -1.35. The Bertz CT molecular complexity index is 361. The SMILES string of the molecule is CNC(C(=O)c1ccccc1OC)C(C)C. The third-order valence-electron chi connectivity index (χ3n) is 2.63. The van der Waals surface area contributed by atoms with Crippen LogP contribution in [0.15, 0.2) is 24.3 Å². The molecule has 3 nitrogen and oxygen atoms in total. The van der Waals surface area contributed by atoms with Crippen molar-refractivity contribution in [3.05, 3.63) is 29.8 Å². The van der Waals surface area contributed by atoms with E-state index in [4.69, 9.17) is 4.74 Å². The minimum absolute atomic E-state index is 0.0787. The molecule has 0 aliphatic heterocycles. The van der Waals surface area contributed by atoms with Crippen molar-refractivity contribution in [3.8, 4) is 5.75 Å². The summed E-state index contributed by atoms with van der Waals surface area (Å²) in [5.41, 5.74) is 0.637. The fourth-order valence-electron chi connectivity index (χ4n) is 1.78. The lowest BCUT2D eigenvalue weighted by molar-refractivity contribution is 0.0919. The third kappa shape index (κ3) is 2.61. The van der Waals surface area contributed by atoms with E-state index in [1.807, 2.05) is 26.0 Å². The number of ether oxygens (including phenoxy) is 1. The van der Waals surface area contributed by atoms with Gasteiger partial charge in [0.1, 0.15) is 5.75 Å². The zero-order chi connectivity index (χ0) is 12.1. The second kappa shape index (κ2) is 5.66. The number of hydrogen-bond donors (Lipinski definition) is 1. The molecule has 88 valence electrons. The summed E-state index contributed by atoms with van der Waals surface area (Å²) in [6, 6.07) is 7.15. The summed E-state index contributed by atoms with van der Waals surface area (Å²) in [5.74, 6) is 0.964. The molecule has 1 aromatic rings. The minimum Gasteiger partial charge on any atom is -0.496 e. The number of nitrogens with one attached hydrogen (secondary N) is 1. The molecule has 0 saturated carbocycles. The summed E-state index contributed by atoms with van der Waals surface area (Å²) in [5, 5.41) is 3.05. The number of methoxy groups -OCH3 is 1. The number of carbonyl (C=O) groups excluding carboxylic acids is 1. The van der Waals surface area contributed by atoms with Crippen molar-refractivity contribution >= 4 is 5.78 Å². The van der Waals surface area contributed by atoms with Crippen molar-refractivity contribution in [2.24, 2.45) is 5.92 Å². The lowest BCUT2D eigenvalue weighted by atomic mass is 9.94. The van der Waals surface area contributed by atoms with Crippen molar-refractivity contribution in [1.29, 1.82) is 0 Å². The van der Waals surface area contributed by atoms with Gasteiger partial charge in [0.15, 0.2) is 5.78 Å². The van der Waals surface area contributed by atoms with E-state index in [1.54, 1.807) is 26.3 Å². The number of para-hydroxylation sites is 1. The Morgan fingerprint density at radius 2 is 1.94 bits per heavy atom. The van der Waals surface area contributed by atoms with Gasteiger partial charge in [0.25, 0.3) is 0 Å². The van der Waals surface area contributed by atoms with Crippen LogP contribution in [0.4, 0.5) is 0 Å². The van der Waals surface area contributed by atoms with Gasteiger partial charge in [0.05, 0.1) is 18.7 Å². The highest BCUT2D eigenvalue weighted by molar-refractivity contribution is 6.02. The maximum atomic E-state index is 12.3. The van der Waals surface area contributed by atoms with Crippen molar-refractivity contribution in [2.75, 3.05) is 14.2 Å². The first-order valence-electron chi connectivity index (χ1n) is 5.46. The Morgan fingerprint density at radius 3 is 2.44 bits per heavy atom. The molecule has 0 aliphatic rings. The van der Waals surface area contributed by atoms with E-state index in [2.05, 4.69) is 5.32 Å². The number of benzene rings is 1. The van der Waals surface area contributed by atoms with Crippen LogP contribution in [0.3, 0.4) is 0 Å². The molecular weight excluding hydrogens is 202 g/mol. The highest BCUT2D eigenvalue weighted by Gasteiger charge is 2.23. The van der Waals surface area contributed by atoms with Crippen molar-refractivity contribution in [1.82, 2.24) is 5.32 Å². The molecule has 0 heterocycles. The first-order valence-corrected chi connectivity index (χ1v) is 5.46. The molecule has 0 bridgehead atoms. The maximum Gasteiger partial charge on any atom is 0.183 e. The fourth-order valence-corrected chi connectivity index (χ4v) is 1.78. The number of rotatable bonds is 5. The molecule has 1 unspecified atom stereocenters. The van der Waals surface area contributed by atoms with Gasteiger partial charge in [-0.25, -0.2) is 0 Å². The molecule has 0 aromatic heterocycles. The van der Waals surface area contributed by atoms with Crippen LogP contribution in [0.25, 0.3) is 0 Å². The first kappa shape index (κ1) is 12.7. The normalized spacial score (nSPS) is 12.6. The second-order valence-electron chi connectivity index (χ2n) is 4.07. The summed E-state index contributed by atoms with van der Waals surface area (Å²) in [7, 11) is 3.38. The number of hydrogen-bond acceptors (Lipinski definition) is 3. The predicted octanol–water partition coefficient (Wildman–Crippen LogP) is 2.12. The predicted molar refractivity (Wildman–Crippen MR) is 65.0 cm³/mol. The third-order valence-corrected chi connectivity index (χ3v) is 2.63. The summed E-state index contributed by atoms with van der Waals surface area (Å²) in [4.78, 5) is 12.3. The summed E-state index contributed by atoms with van der Waals surface area (Å²) in [6.45, 7) is 4.04. The highest BCUT2D eigenvalue weighted by atomic mass is 16.5. The van der Waals surface area contributed by atoms with Gasteiger partial charge in [-0.3, -0.25) is 4.79 Å². The molecule has 0 amide bonds. The number of likely N-dealkylation sites (N-methyl/N-ethyl adjacent to an activating group) is 1. The van der Waals surface area contributed by atoms with Crippen LogP contribution in [-0.4, -0.2) is 26.0 Å². The average molecular weight is 221 g/mol. The Kier molecular flexibility index (Phi) is 4.50. The average Bonchev–Trinajstić information content (AvgIpc) is 2.29. The van der Waals surface area contributed by atoms with E-state index in [-0.39, 0.29) is 17.7 Å². The number of Topliss-reactive ketones (excluding diaryl/α,β-unsaturated/α-hetero) is 1. The van der Waals surface area contributed by atoms with Crippen LogP contribution < -0.4 is 10.1 Å². The quantitative estimate of drug-likeness (QED) is 0.774. The molecule has 1 aromatic carbocycles. The van der Waals surface area contributed by atoms with Gasteiger partial charge in [-0.1, -0.05) is 26.0 Å². The fraction of sp³-hybridized carbons (Fsp3) is 0.462. The zero-order valence-electron chi connectivity index (χ0n) is 10.3. The maximum absolute atomic E-state index is 12.3. The van der Waals surface area contributed by atoms with Gasteiger partial charge >= 0.3 is 0 Å². The van der Waals surface area contributed by atoms with Gasteiger partial charge < -0.3 is 10.1 Å². The minimum atomic E-state index is -0.170. The molecule has 0 fully saturated rings. The molecule has 0 spiro atoms. The largest absolute Gasteiger partial charge is 0.496 e. The van der Waals surface area contributed by atoms with E-state index >= 15 is 0 Å². The Labute approximate surface area is 96.8 Å². The number of carbonyl (C=O) groups is 1. The van der Waals surface area contributed by atoms with Crippen molar-refractivity contribution in [2.45, 2.75) is 19.9 Å². The van der Waals surface area contributed by atoms with Crippen molar-refractivity contribution < 1.29 is 9.53 Å². The van der Waals surface area contributed by atoms with E-state index in [1.165, 1.54) is 0 Å². The van der Waals surface area contributed by atoms with Crippen LogP contribution in [0.2, 0.25) is 0 Å². The smallest absolute Gasteiger partial charge is 0.183 e. The standard InChI is InChI=1S/C13H19NO2/c1-9(2)12(14-3)13(15)10-7-5-6-8-11(10)16-4/h5-9,12,14H,1-4H3. The van der Waals surface area contributed by atoms with Gasteiger partial charge in [0, 0.05) is 0 Å². The molecule has 0 aliphatic carbocycles. The second-order valence-corrected chi connectivity index (χ2v) is 4.07. The molecular formula is C13H19NO2. The molecule has 0 saturated heterocycles. The van der Waals surface area contributed by atoms with E-state index in [0.29, 0.717) is 11.3 Å². The Balaban J connectivity index is 3.03. The topological polar surface area (TPSA) is 38.3 Å². The molecule has 1 atom stereocenters. The van der Waals surface area contributed by atoms with Gasteiger partial charge in [-0.05, 0) is 25.1 Å². The summed E-state index contributed by atoms with van der Waals surface area (Å²) >= 11 is 0. The molecule has 0 radical (unpaired) electrons. The van der Waals surface area contributed by atoms with Crippen LogP contribution in [0, 0.1) is 5.92 Å². The molecule has 1 rings (SSSR count). The van der Waals surface area contributed by atoms with E-state index in [0.717, 1.165) is 0 Å². The van der Waals surface area contributed by atoms with Crippen LogP contribution in [0.1, 0.15) is 24.2 Å². The van der Waals surface area contributed by atoms with Gasteiger partial charge in [-0.15, -0.1) is 0 Å². The lowest BCUT2D eigenvalue weighted by Crippen LogP contribution is -2.38. The van der Waals surface area contributed by atoms with Crippen LogP contribution >= 0.6 is 0 Å².